The molecule has 0 saturated heterocycles. The van der Waals surface area contributed by atoms with Gasteiger partial charge < -0.3 is 9.84 Å². The molecule has 1 aliphatic carbocycles. The first-order valence-corrected chi connectivity index (χ1v) is 7.53. The van der Waals surface area contributed by atoms with Gasteiger partial charge in [0.05, 0.1) is 17.0 Å². The molecule has 0 bridgehead atoms. The monoisotopic (exact) mass is 340 g/mol. The standard InChI is InChI=1S/C15H17BrO4/c1-2-20-13-7-6-9(8-12(13)16)14(17)10-4-3-5-11(10)15(18)19/h6-8,10-11H,2-5H2,1H3,(H,18,19). The zero-order chi connectivity index (χ0) is 14.7. The summed E-state index contributed by atoms with van der Waals surface area (Å²) in [5.41, 5.74) is 0.540. The van der Waals surface area contributed by atoms with Crippen molar-refractivity contribution in [2.75, 3.05) is 6.61 Å². The largest absolute Gasteiger partial charge is 0.493 e. The third kappa shape index (κ3) is 3.03. The molecule has 0 radical (unpaired) electrons. The molecule has 108 valence electrons. The van der Waals surface area contributed by atoms with Crippen molar-refractivity contribution < 1.29 is 19.4 Å². The second-order valence-electron chi connectivity index (χ2n) is 4.92. The van der Waals surface area contributed by atoms with Crippen LogP contribution in [0.15, 0.2) is 22.7 Å². The van der Waals surface area contributed by atoms with Gasteiger partial charge in [-0.25, -0.2) is 0 Å². The van der Waals surface area contributed by atoms with Crippen molar-refractivity contribution in [3.05, 3.63) is 28.2 Å². The van der Waals surface area contributed by atoms with Gasteiger partial charge in [0.2, 0.25) is 0 Å². The lowest BCUT2D eigenvalue weighted by atomic mass is 9.88. The third-order valence-corrected chi connectivity index (χ3v) is 4.31. The van der Waals surface area contributed by atoms with Gasteiger partial charge in [0.25, 0.3) is 0 Å². The molecule has 1 N–H and O–H groups in total. The molecule has 5 heteroatoms. The summed E-state index contributed by atoms with van der Waals surface area (Å²) in [5.74, 6) is -1.22. The van der Waals surface area contributed by atoms with E-state index in [0.29, 0.717) is 30.8 Å². The van der Waals surface area contributed by atoms with Crippen molar-refractivity contribution >= 4 is 27.7 Å². The summed E-state index contributed by atoms with van der Waals surface area (Å²) >= 11 is 3.38. The summed E-state index contributed by atoms with van der Waals surface area (Å²) in [7, 11) is 0. The van der Waals surface area contributed by atoms with Gasteiger partial charge in [-0.05, 0) is 53.9 Å². The van der Waals surface area contributed by atoms with E-state index in [0.717, 1.165) is 10.9 Å². The molecule has 0 spiro atoms. The molecule has 20 heavy (non-hydrogen) atoms. The SMILES string of the molecule is CCOc1ccc(C(=O)C2CCCC2C(=O)O)cc1Br. The normalized spacial score (nSPS) is 21.7. The minimum Gasteiger partial charge on any atom is -0.493 e. The average Bonchev–Trinajstić information content (AvgIpc) is 2.90. The van der Waals surface area contributed by atoms with Crippen molar-refractivity contribution in [3.8, 4) is 5.75 Å². The zero-order valence-corrected chi connectivity index (χ0v) is 12.9. The molecule has 2 rings (SSSR count). The van der Waals surface area contributed by atoms with Gasteiger partial charge >= 0.3 is 5.97 Å². The van der Waals surface area contributed by atoms with Gasteiger partial charge in [0.1, 0.15) is 5.75 Å². The first kappa shape index (κ1) is 15.0. The molecule has 0 aliphatic heterocycles. The Balaban J connectivity index is 2.21. The Hall–Kier alpha value is -1.36. The lowest BCUT2D eigenvalue weighted by Crippen LogP contribution is -2.25. The number of carboxylic acids is 1. The second-order valence-corrected chi connectivity index (χ2v) is 5.78. The van der Waals surface area contributed by atoms with Crippen LogP contribution >= 0.6 is 15.9 Å². The van der Waals surface area contributed by atoms with E-state index in [4.69, 9.17) is 9.84 Å². The van der Waals surface area contributed by atoms with Gasteiger partial charge in [-0.1, -0.05) is 6.42 Å². The number of hydrogen-bond donors (Lipinski definition) is 1. The quantitative estimate of drug-likeness (QED) is 0.832. The minimum absolute atomic E-state index is 0.0846. The molecule has 2 atom stereocenters. The van der Waals surface area contributed by atoms with E-state index >= 15 is 0 Å². The number of ketones is 1. The van der Waals surface area contributed by atoms with Crippen molar-refractivity contribution in [2.45, 2.75) is 26.2 Å². The molecule has 1 fully saturated rings. The Morgan fingerprint density at radius 2 is 2.05 bits per heavy atom. The Bertz CT molecular complexity index is 527. The van der Waals surface area contributed by atoms with E-state index in [9.17, 15) is 9.59 Å². The number of carboxylic acid groups (broad SMARTS) is 1. The smallest absolute Gasteiger partial charge is 0.307 e. The van der Waals surface area contributed by atoms with E-state index in [2.05, 4.69) is 15.9 Å². The number of halogens is 1. The Morgan fingerprint density at radius 3 is 2.65 bits per heavy atom. The molecular formula is C15H17BrO4. The molecule has 2 unspecified atom stereocenters. The number of carbonyl (C=O) groups excluding carboxylic acids is 1. The van der Waals surface area contributed by atoms with Crippen LogP contribution in [0.3, 0.4) is 0 Å². The summed E-state index contributed by atoms with van der Waals surface area (Å²) in [6.07, 6.45) is 2.04. The Labute approximate surface area is 126 Å². The number of benzene rings is 1. The zero-order valence-electron chi connectivity index (χ0n) is 11.3. The first-order chi connectivity index (χ1) is 9.54. The highest BCUT2D eigenvalue weighted by atomic mass is 79.9. The molecule has 0 aromatic heterocycles. The highest BCUT2D eigenvalue weighted by Crippen LogP contribution is 2.35. The summed E-state index contributed by atoms with van der Waals surface area (Å²) < 4.78 is 6.12. The second kappa shape index (κ2) is 6.39. The topological polar surface area (TPSA) is 63.6 Å². The van der Waals surface area contributed by atoms with Crippen LogP contribution in [0.5, 0.6) is 5.75 Å². The number of carbonyl (C=O) groups is 2. The van der Waals surface area contributed by atoms with Crippen LogP contribution < -0.4 is 4.74 Å². The molecule has 1 aromatic carbocycles. The number of hydrogen-bond acceptors (Lipinski definition) is 3. The number of Topliss-reactive ketones (excluding diaryl/α,β-unsaturated/α-hetero) is 1. The van der Waals surface area contributed by atoms with Crippen molar-refractivity contribution in [1.29, 1.82) is 0 Å². The Morgan fingerprint density at radius 1 is 1.35 bits per heavy atom. The molecule has 0 heterocycles. The van der Waals surface area contributed by atoms with Crippen molar-refractivity contribution in [3.63, 3.8) is 0 Å². The van der Waals surface area contributed by atoms with Gasteiger partial charge in [-0.3, -0.25) is 9.59 Å². The van der Waals surface area contributed by atoms with Crippen LogP contribution in [-0.2, 0) is 4.79 Å². The molecule has 0 amide bonds. The number of aliphatic carboxylic acids is 1. The minimum atomic E-state index is -0.870. The maximum Gasteiger partial charge on any atom is 0.307 e. The van der Waals surface area contributed by atoms with Crippen LogP contribution in [-0.4, -0.2) is 23.5 Å². The van der Waals surface area contributed by atoms with E-state index in [1.807, 2.05) is 6.92 Å². The van der Waals surface area contributed by atoms with Crippen LogP contribution in [0.1, 0.15) is 36.5 Å². The lowest BCUT2D eigenvalue weighted by Gasteiger charge is -2.15. The summed E-state index contributed by atoms with van der Waals surface area (Å²) in [5, 5.41) is 9.17. The number of rotatable bonds is 5. The molecule has 1 aliphatic rings. The van der Waals surface area contributed by atoms with E-state index in [1.165, 1.54) is 0 Å². The predicted octanol–water partition coefficient (Wildman–Crippen LogP) is 3.53. The fourth-order valence-electron chi connectivity index (χ4n) is 2.71. The highest BCUT2D eigenvalue weighted by Gasteiger charge is 2.38. The first-order valence-electron chi connectivity index (χ1n) is 6.74. The van der Waals surface area contributed by atoms with Crippen LogP contribution in [0, 0.1) is 11.8 Å². The van der Waals surface area contributed by atoms with Crippen molar-refractivity contribution in [2.24, 2.45) is 11.8 Å². The maximum atomic E-state index is 12.5. The predicted molar refractivity (Wildman–Crippen MR) is 78.1 cm³/mol. The summed E-state index contributed by atoms with van der Waals surface area (Å²) in [6.45, 7) is 2.44. The Kier molecular flexibility index (Phi) is 4.81. The lowest BCUT2D eigenvalue weighted by molar-refractivity contribution is -0.142. The molecule has 1 saturated carbocycles. The van der Waals surface area contributed by atoms with Crippen LogP contribution in [0.2, 0.25) is 0 Å². The molecule has 4 nitrogen and oxygen atoms in total. The van der Waals surface area contributed by atoms with Gasteiger partial charge in [-0.2, -0.15) is 0 Å². The van der Waals surface area contributed by atoms with Gasteiger partial charge in [-0.15, -0.1) is 0 Å². The summed E-state index contributed by atoms with van der Waals surface area (Å²) in [6, 6.07) is 5.16. The van der Waals surface area contributed by atoms with E-state index in [1.54, 1.807) is 18.2 Å². The van der Waals surface area contributed by atoms with Gasteiger partial charge in [0, 0.05) is 11.5 Å². The summed E-state index contributed by atoms with van der Waals surface area (Å²) in [4.78, 5) is 23.6. The van der Waals surface area contributed by atoms with Crippen LogP contribution in [0.4, 0.5) is 0 Å². The van der Waals surface area contributed by atoms with E-state index < -0.39 is 17.8 Å². The maximum absolute atomic E-state index is 12.5. The van der Waals surface area contributed by atoms with Gasteiger partial charge in [0.15, 0.2) is 5.78 Å². The highest BCUT2D eigenvalue weighted by molar-refractivity contribution is 9.10. The third-order valence-electron chi connectivity index (χ3n) is 3.69. The van der Waals surface area contributed by atoms with E-state index in [-0.39, 0.29) is 5.78 Å². The fourth-order valence-corrected chi connectivity index (χ4v) is 3.20. The van der Waals surface area contributed by atoms with Crippen molar-refractivity contribution in [1.82, 2.24) is 0 Å². The average molecular weight is 341 g/mol. The number of ether oxygens (including phenoxy) is 1. The molecule has 1 aromatic rings. The van der Waals surface area contributed by atoms with Crippen LogP contribution in [0.25, 0.3) is 0 Å². The molecular weight excluding hydrogens is 324 g/mol. The fraction of sp³-hybridized carbons (Fsp3) is 0.467.